The molecule has 172 valence electrons. The molecule has 0 N–H and O–H groups in total. The van der Waals surface area contributed by atoms with Gasteiger partial charge in [0.1, 0.15) is 24.1 Å². The Morgan fingerprint density at radius 1 is 0.758 bits per heavy atom. The monoisotopic (exact) mass is 444 g/mol. The summed E-state index contributed by atoms with van der Waals surface area (Å²) in [6.45, 7) is 4.46. The van der Waals surface area contributed by atoms with Crippen molar-refractivity contribution in [3.63, 3.8) is 0 Å². The summed E-state index contributed by atoms with van der Waals surface area (Å²) in [7, 11) is 3.25. The number of benzene rings is 3. The lowest BCUT2D eigenvalue weighted by Crippen LogP contribution is -2.10. The molecule has 0 aliphatic heterocycles. The van der Waals surface area contributed by atoms with Crippen LogP contribution in [0.5, 0.6) is 11.5 Å². The normalized spacial score (nSPS) is 11.0. The van der Waals surface area contributed by atoms with Gasteiger partial charge in [-0.3, -0.25) is 9.59 Å². The van der Waals surface area contributed by atoms with Crippen molar-refractivity contribution in [3.8, 4) is 11.5 Å². The first kappa shape index (κ1) is 24.2. The van der Waals surface area contributed by atoms with Crippen LogP contribution < -0.4 is 9.47 Å². The van der Waals surface area contributed by atoms with E-state index < -0.39 is 0 Å². The van der Waals surface area contributed by atoms with Crippen LogP contribution >= 0.6 is 0 Å². The zero-order valence-electron chi connectivity index (χ0n) is 19.8. The number of hydrogen-bond acceptors (Lipinski definition) is 4. The van der Waals surface area contributed by atoms with Gasteiger partial charge in [0.15, 0.2) is 0 Å². The molecule has 0 spiro atoms. The molecule has 0 fully saturated rings. The van der Waals surface area contributed by atoms with Crippen molar-refractivity contribution < 1.29 is 19.1 Å². The second-order valence-corrected chi connectivity index (χ2v) is 8.30. The number of hydrogen-bond donors (Lipinski definition) is 0. The Bertz CT molecular complexity index is 1040. The molecule has 4 nitrogen and oxygen atoms in total. The van der Waals surface area contributed by atoms with E-state index in [1.165, 1.54) is 5.56 Å². The Labute approximate surface area is 196 Å². The molecule has 0 radical (unpaired) electrons. The maximum atomic E-state index is 11.6. The van der Waals surface area contributed by atoms with Gasteiger partial charge in [0.2, 0.25) is 0 Å². The zero-order valence-corrected chi connectivity index (χ0v) is 19.8. The van der Waals surface area contributed by atoms with E-state index in [1.54, 1.807) is 26.4 Å². The highest BCUT2D eigenvalue weighted by molar-refractivity contribution is 5.78. The van der Waals surface area contributed by atoms with E-state index >= 15 is 0 Å². The first-order chi connectivity index (χ1) is 16.1. The van der Waals surface area contributed by atoms with E-state index in [0.29, 0.717) is 28.5 Å². The maximum Gasteiger partial charge on any atom is 0.150 e. The van der Waals surface area contributed by atoms with Crippen LogP contribution in [-0.2, 0) is 6.42 Å². The molecule has 33 heavy (non-hydrogen) atoms. The summed E-state index contributed by atoms with van der Waals surface area (Å²) in [4.78, 5) is 23.2. The number of rotatable bonds is 11. The summed E-state index contributed by atoms with van der Waals surface area (Å²) in [5, 5.41) is 0. The predicted molar refractivity (Wildman–Crippen MR) is 132 cm³/mol. The van der Waals surface area contributed by atoms with Gasteiger partial charge in [0.25, 0.3) is 0 Å². The molecule has 4 heteroatoms. The van der Waals surface area contributed by atoms with E-state index in [4.69, 9.17) is 9.47 Å². The first-order valence-corrected chi connectivity index (χ1v) is 11.4. The molecule has 3 rings (SSSR count). The molecule has 0 aliphatic rings. The number of methoxy groups -OCH3 is 2. The van der Waals surface area contributed by atoms with Crippen molar-refractivity contribution >= 4 is 12.6 Å². The second-order valence-electron chi connectivity index (χ2n) is 8.30. The quantitative estimate of drug-likeness (QED) is 0.251. The molecule has 0 aliphatic carbocycles. The lowest BCUT2D eigenvalue weighted by molar-refractivity contribution is 0.111. The maximum absolute atomic E-state index is 11.6. The molecule has 0 saturated heterocycles. The summed E-state index contributed by atoms with van der Waals surface area (Å²) >= 11 is 0. The first-order valence-electron chi connectivity index (χ1n) is 11.4. The van der Waals surface area contributed by atoms with E-state index in [-0.39, 0.29) is 5.92 Å². The van der Waals surface area contributed by atoms with Crippen LogP contribution in [0.2, 0.25) is 0 Å². The van der Waals surface area contributed by atoms with E-state index in [9.17, 15) is 9.59 Å². The number of carbonyl (C=O) groups is 2. The molecule has 0 atom stereocenters. The molecule has 0 bridgehead atoms. The van der Waals surface area contributed by atoms with Crippen molar-refractivity contribution in [3.05, 3.63) is 94.0 Å². The Morgan fingerprint density at radius 3 is 1.76 bits per heavy atom. The van der Waals surface area contributed by atoms with Gasteiger partial charge in [-0.05, 0) is 59.9 Å². The van der Waals surface area contributed by atoms with Gasteiger partial charge in [0, 0.05) is 28.2 Å². The molecule has 0 saturated carbocycles. The average molecular weight is 445 g/mol. The van der Waals surface area contributed by atoms with Gasteiger partial charge in [-0.25, -0.2) is 0 Å². The van der Waals surface area contributed by atoms with Gasteiger partial charge in [-0.2, -0.15) is 0 Å². The van der Waals surface area contributed by atoms with Crippen LogP contribution in [-0.4, -0.2) is 26.8 Å². The van der Waals surface area contributed by atoms with Gasteiger partial charge >= 0.3 is 0 Å². The second kappa shape index (κ2) is 11.5. The lowest BCUT2D eigenvalue weighted by Gasteiger charge is -2.24. The number of ether oxygens (including phenoxy) is 2. The van der Waals surface area contributed by atoms with Crippen molar-refractivity contribution in [1.29, 1.82) is 0 Å². The van der Waals surface area contributed by atoms with Crippen LogP contribution in [0.25, 0.3) is 0 Å². The standard InChI is InChI=1S/C29H32O4/c1-5-20(6-2)14-21-8-7-9-24(15-21)29(25-16-22(18-30)10-12-27(25)32-3)26-17-23(19-31)11-13-28(26)33-4/h7-13,15-20,29H,5-6,14H2,1-4H3. The van der Waals surface area contributed by atoms with Crippen LogP contribution in [0.4, 0.5) is 0 Å². The summed E-state index contributed by atoms with van der Waals surface area (Å²) in [6.07, 6.45) is 4.94. The van der Waals surface area contributed by atoms with Gasteiger partial charge < -0.3 is 9.47 Å². The predicted octanol–water partition coefficient (Wildman–Crippen LogP) is 6.49. The van der Waals surface area contributed by atoms with Gasteiger partial charge in [-0.1, -0.05) is 51.0 Å². The highest BCUT2D eigenvalue weighted by atomic mass is 16.5. The van der Waals surface area contributed by atoms with E-state index in [2.05, 4.69) is 38.1 Å². The average Bonchev–Trinajstić information content (AvgIpc) is 2.87. The molecular weight excluding hydrogens is 412 g/mol. The van der Waals surface area contributed by atoms with E-state index in [0.717, 1.165) is 48.5 Å². The zero-order chi connectivity index (χ0) is 23.8. The largest absolute Gasteiger partial charge is 0.496 e. The number of aldehydes is 2. The third-order valence-corrected chi connectivity index (χ3v) is 6.37. The smallest absolute Gasteiger partial charge is 0.150 e. The van der Waals surface area contributed by atoms with Crippen molar-refractivity contribution in [2.45, 2.75) is 39.0 Å². The molecule has 0 amide bonds. The van der Waals surface area contributed by atoms with Gasteiger partial charge in [-0.15, -0.1) is 0 Å². The minimum absolute atomic E-state index is 0.281. The van der Waals surface area contributed by atoms with Crippen LogP contribution in [0.15, 0.2) is 60.7 Å². The number of carbonyl (C=O) groups excluding carboxylic acids is 2. The Morgan fingerprint density at radius 2 is 1.30 bits per heavy atom. The van der Waals surface area contributed by atoms with Crippen molar-refractivity contribution in [2.24, 2.45) is 5.92 Å². The minimum atomic E-state index is -0.281. The third-order valence-electron chi connectivity index (χ3n) is 6.37. The summed E-state index contributed by atoms with van der Waals surface area (Å²) in [5.74, 6) is 1.69. The van der Waals surface area contributed by atoms with Crippen LogP contribution in [0, 0.1) is 5.92 Å². The molecule has 0 unspecified atom stereocenters. The summed E-state index contributed by atoms with van der Waals surface area (Å²) in [6, 6.07) is 19.4. The molecule has 3 aromatic rings. The fourth-order valence-corrected chi connectivity index (χ4v) is 4.44. The van der Waals surface area contributed by atoms with Crippen molar-refractivity contribution in [1.82, 2.24) is 0 Å². The summed E-state index contributed by atoms with van der Waals surface area (Å²) in [5.41, 5.74) is 5.15. The summed E-state index contributed by atoms with van der Waals surface area (Å²) < 4.78 is 11.4. The fourth-order valence-electron chi connectivity index (χ4n) is 4.44. The lowest BCUT2D eigenvalue weighted by atomic mass is 9.81. The molecule has 3 aromatic carbocycles. The fraction of sp³-hybridized carbons (Fsp3) is 0.310. The van der Waals surface area contributed by atoms with Crippen LogP contribution in [0.1, 0.15) is 75.6 Å². The molecular formula is C29H32O4. The molecule has 0 aromatic heterocycles. The Kier molecular flexibility index (Phi) is 8.42. The third kappa shape index (κ3) is 5.51. The highest BCUT2D eigenvalue weighted by Gasteiger charge is 2.25. The molecule has 0 heterocycles. The Balaban J connectivity index is 2.27. The topological polar surface area (TPSA) is 52.6 Å². The van der Waals surface area contributed by atoms with Crippen LogP contribution in [0.3, 0.4) is 0 Å². The van der Waals surface area contributed by atoms with E-state index in [1.807, 2.05) is 24.3 Å². The van der Waals surface area contributed by atoms with Gasteiger partial charge in [0.05, 0.1) is 14.2 Å². The Hall–Kier alpha value is -3.40. The SMILES string of the molecule is CCC(CC)Cc1cccc(C(c2cc(C=O)ccc2OC)c2cc(C=O)ccc2OC)c1. The minimum Gasteiger partial charge on any atom is -0.496 e. The highest BCUT2D eigenvalue weighted by Crippen LogP contribution is 2.42. The van der Waals surface area contributed by atoms with Crippen molar-refractivity contribution in [2.75, 3.05) is 14.2 Å².